The second-order valence-corrected chi connectivity index (χ2v) is 14.7. The molecular weight excluding hydrogens is 683 g/mol. The quantitative estimate of drug-likeness (QED) is 0.178. The number of anilines is 3. The zero-order valence-corrected chi connectivity index (χ0v) is 30.3. The van der Waals surface area contributed by atoms with Crippen LogP contribution in [0.2, 0.25) is 0 Å². The van der Waals surface area contributed by atoms with Gasteiger partial charge >= 0.3 is 0 Å². The summed E-state index contributed by atoms with van der Waals surface area (Å²) in [7, 11) is 0. The van der Waals surface area contributed by atoms with E-state index in [0.717, 1.165) is 71.7 Å². The highest BCUT2D eigenvalue weighted by atomic mass is 16.3. The van der Waals surface area contributed by atoms with E-state index in [9.17, 15) is 0 Å². The van der Waals surface area contributed by atoms with Gasteiger partial charge in [-0.25, -0.2) is 0 Å². The van der Waals surface area contributed by atoms with Gasteiger partial charge in [0.05, 0.1) is 16.5 Å². The Labute approximate surface area is 323 Å². The van der Waals surface area contributed by atoms with Crippen LogP contribution in [0, 0.1) is 0 Å². The predicted octanol–water partition coefficient (Wildman–Crippen LogP) is 14.5. The zero-order valence-electron chi connectivity index (χ0n) is 30.3. The second-order valence-electron chi connectivity index (χ2n) is 14.7. The second kappa shape index (κ2) is 11.8. The standard InChI is InChI=1S/C53H33NO2/c1-4-17-34(18-5-1)53(35-19-6-2-7-20-35)44-28-14-12-23-38(44)39-32-31-37(33-45(39)53)54(36-21-8-3-9-22-36)46-29-16-27-43-49-51(56-50(43)46)41-25-11-10-24-40(41)48-42-26-13-15-30-47(42)55-52(48)49/h1-33H. The van der Waals surface area contributed by atoms with Crippen molar-refractivity contribution in [3.63, 3.8) is 0 Å². The molecule has 0 saturated carbocycles. The number of fused-ring (bicyclic) bond motifs is 13. The van der Waals surface area contributed by atoms with Crippen LogP contribution in [-0.4, -0.2) is 0 Å². The van der Waals surface area contributed by atoms with Crippen LogP contribution in [0.1, 0.15) is 22.3 Å². The first kappa shape index (κ1) is 31.0. The lowest BCUT2D eigenvalue weighted by molar-refractivity contribution is 0.665. The molecule has 0 spiro atoms. The molecule has 0 unspecified atom stereocenters. The summed E-state index contributed by atoms with van der Waals surface area (Å²) >= 11 is 0. The minimum Gasteiger partial charge on any atom is -0.455 e. The van der Waals surface area contributed by atoms with Crippen molar-refractivity contribution in [1.29, 1.82) is 0 Å². The van der Waals surface area contributed by atoms with Crippen LogP contribution in [0.25, 0.3) is 65.8 Å². The molecule has 1 aliphatic carbocycles. The largest absolute Gasteiger partial charge is 0.455 e. The molecule has 3 heteroatoms. The summed E-state index contributed by atoms with van der Waals surface area (Å²) in [6.45, 7) is 0. The van der Waals surface area contributed by atoms with Crippen molar-refractivity contribution in [2.24, 2.45) is 0 Å². The summed E-state index contributed by atoms with van der Waals surface area (Å²) in [6, 6.07) is 71.9. The van der Waals surface area contributed by atoms with Crippen molar-refractivity contribution in [3.05, 3.63) is 222 Å². The Kier molecular flexibility index (Phi) is 6.55. The van der Waals surface area contributed by atoms with Crippen LogP contribution >= 0.6 is 0 Å². The Morgan fingerprint density at radius 1 is 0.357 bits per heavy atom. The Balaban J connectivity index is 1.17. The molecule has 56 heavy (non-hydrogen) atoms. The molecule has 9 aromatic carbocycles. The summed E-state index contributed by atoms with van der Waals surface area (Å²) in [5.41, 5.74) is 13.4. The molecule has 0 saturated heterocycles. The first-order chi connectivity index (χ1) is 27.8. The normalized spacial score (nSPS) is 13.1. The number of benzene rings is 9. The molecule has 0 aliphatic heterocycles. The molecule has 12 rings (SSSR count). The number of hydrogen-bond acceptors (Lipinski definition) is 3. The molecular formula is C53H33NO2. The lowest BCUT2D eigenvalue weighted by atomic mass is 9.67. The van der Waals surface area contributed by atoms with E-state index in [1.165, 1.54) is 33.4 Å². The van der Waals surface area contributed by atoms with Crippen molar-refractivity contribution in [3.8, 4) is 11.1 Å². The van der Waals surface area contributed by atoms with Gasteiger partial charge in [0.1, 0.15) is 16.7 Å². The maximum atomic E-state index is 7.15. The third kappa shape index (κ3) is 4.17. The van der Waals surface area contributed by atoms with E-state index in [4.69, 9.17) is 8.83 Å². The predicted molar refractivity (Wildman–Crippen MR) is 230 cm³/mol. The molecule has 0 radical (unpaired) electrons. The highest BCUT2D eigenvalue weighted by Crippen LogP contribution is 2.57. The molecule has 2 heterocycles. The van der Waals surface area contributed by atoms with Crippen LogP contribution in [0.4, 0.5) is 17.1 Å². The topological polar surface area (TPSA) is 29.5 Å². The number of nitrogens with zero attached hydrogens (tertiary/aromatic N) is 1. The Bertz CT molecular complexity index is 3270. The highest BCUT2D eigenvalue weighted by molar-refractivity contribution is 6.34. The minimum absolute atomic E-state index is 0.524. The van der Waals surface area contributed by atoms with Crippen LogP contribution in [-0.2, 0) is 5.41 Å². The van der Waals surface area contributed by atoms with E-state index in [-0.39, 0.29) is 0 Å². The van der Waals surface area contributed by atoms with Gasteiger partial charge in [-0.15, -0.1) is 0 Å². The number of rotatable bonds is 5. The third-order valence-corrected chi connectivity index (χ3v) is 11.9. The van der Waals surface area contributed by atoms with Crippen molar-refractivity contribution in [1.82, 2.24) is 0 Å². The van der Waals surface area contributed by atoms with Gasteiger partial charge in [-0.05, 0) is 75.2 Å². The maximum absolute atomic E-state index is 7.15. The van der Waals surface area contributed by atoms with Crippen molar-refractivity contribution in [2.75, 3.05) is 4.90 Å². The van der Waals surface area contributed by atoms with Gasteiger partial charge in [0.15, 0.2) is 5.58 Å². The van der Waals surface area contributed by atoms with Crippen LogP contribution < -0.4 is 4.90 Å². The Morgan fingerprint density at radius 2 is 0.964 bits per heavy atom. The lowest BCUT2D eigenvalue weighted by Gasteiger charge is -2.34. The average molecular weight is 716 g/mol. The summed E-state index contributed by atoms with van der Waals surface area (Å²) in [6.07, 6.45) is 0. The van der Waals surface area contributed by atoms with E-state index in [2.05, 4.69) is 199 Å². The number of furan rings is 2. The van der Waals surface area contributed by atoms with E-state index >= 15 is 0 Å². The third-order valence-electron chi connectivity index (χ3n) is 11.9. The number of hydrogen-bond donors (Lipinski definition) is 0. The van der Waals surface area contributed by atoms with Gasteiger partial charge in [-0.3, -0.25) is 0 Å². The molecule has 0 amide bonds. The Morgan fingerprint density at radius 3 is 1.73 bits per heavy atom. The first-order valence-corrected chi connectivity index (χ1v) is 19.2. The van der Waals surface area contributed by atoms with E-state index in [0.29, 0.717) is 0 Å². The van der Waals surface area contributed by atoms with Gasteiger partial charge in [-0.2, -0.15) is 0 Å². The van der Waals surface area contributed by atoms with Crippen LogP contribution in [0.3, 0.4) is 0 Å². The average Bonchev–Trinajstić information content (AvgIpc) is 3.94. The minimum atomic E-state index is -0.524. The van der Waals surface area contributed by atoms with Gasteiger partial charge in [0.25, 0.3) is 0 Å². The first-order valence-electron chi connectivity index (χ1n) is 19.2. The molecule has 0 atom stereocenters. The fraction of sp³-hybridized carbons (Fsp3) is 0.0189. The highest BCUT2D eigenvalue weighted by Gasteiger charge is 2.46. The number of para-hydroxylation sites is 3. The molecule has 1 aliphatic rings. The molecule has 11 aromatic rings. The molecule has 0 N–H and O–H groups in total. The van der Waals surface area contributed by atoms with Crippen LogP contribution in [0.15, 0.2) is 209 Å². The van der Waals surface area contributed by atoms with E-state index in [1.807, 2.05) is 6.07 Å². The van der Waals surface area contributed by atoms with Crippen molar-refractivity contribution < 1.29 is 8.83 Å². The van der Waals surface area contributed by atoms with Crippen molar-refractivity contribution in [2.45, 2.75) is 5.41 Å². The monoisotopic (exact) mass is 715 g/mol. The van der Waals surface area contributed by atoms with Gasteiger partial charge < -0.3 is 13.7 Å². The maximum Gasteiger partial charge on any atom is 0.159 e. The van der Waals surface area contributed by atoms with Gasteiger partial charge in [-0.1, -0.05) is 164 Å². The molecule has 0 bridgehead atoms. The fourth-order valence-electron chi connectivity index (χ4n) is 9.66. The molecule has 262 valence electrons. The van der Waals surface area contributed by atoms with E-state index in [1.54, 1.807) is 0 Å². The molecule has 2 aromatic heterocycles. The zero-order chi connectivity index (χ0) is 36.8. The Hall–Kier alpha value is -7.36. The molecule has 3 nitrogen and oxygen atoms in total. The van der Waals surface area contributed by atoms with Crippen molar-refractivity contribution >= 4 is 71.7 Å². The van der Waals surface area contributed by atoms with E-state index < -0.39 is 5.41 Å². The van der Waals surface area contributed by atoms with Gasteiger partial charge in [0, 0.05) is 32.9 Å². The smallest absolute Gasteiger partial charge is 0.159 e. The summed E-state index contributed by atoms with van der Waals surface area (Å²) in [5, 5.41) is 6.43. The lowest BCUT2D eigenvalue weighted by Crippen LogP contribution is -2.28. The molecule has 0 fully saturated rings. The summed E-state index contributed by atoms with van der Waals surface area (Å²) < 4.78 is 13.9. The SMILES string of the molecule is c1ccc(N(c2ccc3c(c2)C(c2ccccc2)(c2ccccc2)c2ccccc2-3)c2cccc3c2oc2c4ccccc4c4c5ccccc5oc4c32)cc1. The summed E-state index contributed by atoms with van der Waals surface area (Å²) in [4.78, 5) is 2.35. The summed E-state index contributed by atoms with van der Waals surface area (Å²) in [5.74, 6) is 0. The van der Waals surface area contributed by atoms with Crippen LogP contribution in [0.5, 0.6) is 0 Å². The van der Waals surface area contributed by atoms with Gasteiger partial charge in [0.2, 0.25) is 0 Å². The fourth-order valence-corrected chi connectivity index (χ4v) is 9.66.